The highest BCUT2D eigenvalue weighted by Crippen LogP contribution is 2.08. The summed E-state index contributed by atoms with van der Waals surface area (Å²) in [4.78, 5) is 9.97. The second-order valence-electron chi connectivity index (χ2n) is 2.32. The van der Waals surface area contributed by atoms with Crippen LogP contribution in [-0.2, 0) is 4.79 Å². The maximum absolute atomic E-state index is 9.97. The molecule has 0 aliphatic carbocycles. The van der Waals surface area contributed by atoms with Crippen molar-refractivity contribution in [3.05, 3.63) is 0 Å². The first-order valence-corrected chi connectivity index (χ1v) is 2.96. The van der Waals surface area contributed by atoms with Crippen molar-refractivity contribution in [3.8, 4) is 0 Å². The maximum Gasteiger partial charge on any atom is 0.216 e. The molecule has 0 spiro atoms. The molecule has 1 radical (unpaired) electrons. The van der Waals surface area contributed by atoms with E-state index in [4.69, 9.17) is 0 Å². The van der Waals surface area contributed by atoms with Gasteiger partial charge in [0.2, 0.25) is 6.29 Å². The fourth-order valence-corrected chi connectivity index (χ4v) is 1.02. The van der Waals surface area contributed by atoms with E-state index in [9.17, 15) is 4.79 Å². The van der Waals surface area contributed by atoms with Gasteiger partial charge >= 0.3 is 0 Å². The highest BCUT2D eigenvalue weighted by Gasteiger charge is 2.19. The van der Waals surface area contributed by atoms with Gasteiger partial charge in [0.1, 0.15) is 0 Å². The van der Waals surface area contributed by atoms with Gasteiger partial charge in [0.25, 0.3) is 0 Å². The molecule has 0 amide bonds. The molecule has 2 heteroatoms. The summed E-state index contributed by atoms with van der Waals surface area (Å²) < 4.78 is 0. The smallest absolute Gasteiger partial charge is 0.216 e. The topological polar surface area (TPSA) is 29.1 Å². The van der Waals surface area contributed by atoms with Crippen LogP contribution < -0.4 is 5.32 Å². The molecule has 2 nitrogen and oxygen atoms in total. The molecule has 0 saturated carbocycles. The molecule has 1 heterocycles. The largest absolute Gasteiger partial charge is 0.305 e. The van der Waals surface area contributed by atoms with E-state index in [1.807, 2.05) is 6.29 Å². The van der Waals surface area contributed by atoms with Gasteiger partial charge in [-0.05, 0) is 19.8 Å². The van der Waals surface area contributed by atoms with Crippen LogP contribution in [-0.4, -0.2) is 18.4 Å². The molecule has 1 aliphatic rings. The van der Waals surface area contributed by atoms with Crippen molar-refractivity contribution in [3.63, 3.8) is 0 Å². The van der Waals surface area contributed by atoms with Gasteiger partial charge in [-0.3, -0.25) is 4.79 Å². The number of hydrogen-bond acceptors (Lipinski definition) is 2. The van der Waals surface area contributed by atoms with Gasteiger partial charge in [-0.15, -0.1) is 0 Å². The van der Waals surface area contributed by atoms with Crippen molar-refractivity contribution in [1.82, 2.24) is 5.32 Å². The van der Waals surface area contributed by atoms with E-state index in [1.54, 1.807) is 0 Å². The molecule has 1 rings (SSSR count). The van der Waals surface area contributed by atoms with E-state index >= 15 is 0 Å². The summed E-state index contributed by atoms with van der Waals surface area (Å²) in [7, 11) is 0. The van der Waals surface area contributed by atoms with Crippen LogP contribution in [0.4, 0.5) is 0 Å². The van der Waals surface area contributed by atoms with E-state index in [0.29, 0.717) is 6.04 Å². The third-order valence-corrected chi connectivity index (χ3v) is 1.52. The Labute approximate surface area is 49.3 Å². The Morgan fingerprint density at radius 3 is 2.62 bits per heavy atom. The molecule has 1 saturated heterocycles. The fraction of sp³-hybridized carbons (Fsp3) is 0.833. The zero-order chi connectivity index (χ0) is 5.98. The second kappa shape index (κ2) is 2.27. The first-order chi connectivity index (χ1) is 3.83. The first-order valence-electron chi connectivity index (χ1n) is 2.96. The minimum atomic E-state index is 0.0185. The summed E-state index contributed by atoms with van der Waals surface area (Å²) in [5.74, 6) is 0. The fourth-order valence-electron chi connectivity index (χ4n) is 1.02. The van der Waals surface area contributed by atoms with E-state index in [0.717, 1.165) is 12.8 Å². The van der Waals surface area contributed by atoms with Crippen LogP contribution >= 0.6 is 0 Å². The predicted octanol–water partition coefficient (Wildman–Crippen LogP) is 0.237. The summed E-state index contributed by atoms with van der Waals surface area (Å²) in [5.41, 5.74) is 0. The Hall–Kier alpha value is -0.370. The summed E-state index contributed by atoms with van der Waals surface area (Å²) in [6.07, 6.45) is 4.01. The minimum Gasteiger partial charge on any atom is -0.305 e. The van der Waals surface area contributed by atoms with Crippen LogP contribution in [0.1, 0.15) is 19.8 Å². The average molecular weight is 112 g/mol. The summed E-state index contributed by atoms with van der Waals surface area (Å²) >= 11 is 0. The molecular weight excluding hydrogens is 102 g/mol. The molecule has 0 aromatic carbocycles. The van der Waals surface area contributed by atoms with Crippen molar-refractivity contribution in [1.29, 1.82) is 0 Å². The van der Waals surface area contributed by atoms with Crippen LogP contribution in [0.15, 0.2) is 0 Å². The van der Waals surface area contributed by atoms with Crippen molar-refractivity contribution in [2.75, 3.05) is 0 Å². The van der Waals surface area contributed by atoms with Gasteiger partial charge in [0.15, 0.2) is 0 Å². The third-order valence-electron chi connectivity index (χ3n) is 1.52. The molecule has 1 unspecified atom stereocenters. The Kier molecular flexibility index (Phi) is 1.63. The van der Waals surface area contributed by atoms with E-state index in [-0.39, 0.29) is 6.04 Å². The molecule has 0 bridgehead atoms. The minimum absolute atomic E-state index is 0.0185. The summed E-state index contributed by atoms with van der Waals surface area (Å²) in [6.45, 7) is 2.08. The lowest BCUT2D eigenvalue weighted by Gasteiger charge is -2.00. The van der Waals surface area contributed by atoms with Gasteiger partial charge in [-0.2, -0.15) is 0 Å². The number of nitrogens with one attached hydrogen (secondary N) is 1. The molecule has 1 N–H and O–H groups in total. The Morgan fingerprint density at radius 2 is 2.38 bits per heavy atom. The van der Waals surface area contributed by atoms with E-state index in [1.165, 1.54) is 0 Å². The van der Waals surface area contributed by atoms with E-state index in [2.05, 4.69) is 12.2 Å². The number of hydrogen-bond donors (Lipinski definition) is 1. The SMILES string of the molecule is CC1CC[C@@H]([C]=O)N1. The maximum atomic E-state index is 9.97. The Balaban J connectivity index is 2.32. The lowest BCUT2D eigenvalue weighted by Crippen LogP contribution is -2.27. The highest BCUT2D eigenvalue weighted by molar-refractivity contribution is 5.59. The first kappa shape index (κ1) is 5.76. The van der Waals surface area contributed by atoms with Crippen LogP contribution in [0.2, 0.25) is 0 Å². The normalized spacial score (nSPS) is 37.6. The highest BCUT2D eigenvalue weighted by atomic mass is 16.1. The quantitative estimate of drug-likeness (QED) is 0.526. The molecule has 0 aromatic rings. The number of rotatable bonds is 1. The molecular formula is C6H10NO. The van der Waals surface area contributed by atoms with Crippen LogP contribution in [0, 0.1) is 0 Å². The van der Waals surface area contributed by atoms with E-state index < -0.39 is 0 Å². The molecule has 1 fully saturated rings. The Morgan fingerprint density at radius 1 is 1.62 bits per heavy atom. The zero-order valence-electron chi connectivity index (χ0n) is 4.98. The molecule has 0 aromatic heterocycles. The van der Waals surface area contributed by atoms with Crippen molar-refractivity contribution >= 4 is 6.29 Å². The van der Waals surface area contributed by atoms with Gasteiger partial charge < -0.3 is 5.32 Å². The Bertz CT molecular complexity index is 92.5. The van der Waals surface area contributed by atoms with Crippen molar-refractivity contribution in [2.45, 2.75) is 31.8 Å². The van der Waals surface area contributed by atoms with Gasteiger partial charge in [-0.25, -0.2) is 0 Å². The second-order valence-corrected chi connectivity index (χ2v) is 2.32. The van der Waals surface area contributed by atoms with Crippen LogP contribution in [0.5, 0.6) is 0 Å². The lowest BCUT2D eigenvalue weighted by molar-refractivity contribution is 0.527. The van der Waals surface area contributed by atoms with Crippen LogP contribution in [0.3, 0.4) is 0 Å². The van der Waals surface area contributed by atoms with Gasteiger partial charge in [-0.1, -0.05) is 0 Å². The molecule has 45 valence electrons. The molecule has 8 heavy (non-hydrogen) atoms. The van der Waals surface area contributed by atoms with Gasteiger partial charge in [0.05, 0.1) is 6.04 Å². The summed E-state index contributed by atoms with van der Waals surface area (Å²) in [6, 6.07) is 0.534. The number of carbonyl (C=O) groups excluding carboxylic acids is 1. The summed E-state index contributed by atoms with van der Waals surface area (Å²) in [5, 5.41) is 3.08. The molecule has 1 aliphatic heterocycles. The zero-order valence-corrected chi connectivity index (χ0v) is 4.98. The monoisotopic (exact) mass is 112 g/mol. The third kappa shape index (κ3) is 1.07. The van der Waals surface area contributed by atoms with Crippen molar-refractivity contribution < 1.29 is 4.79 Å². The lowest BCUT2D eigenvalue weighted by atomic mass is 10.2. The average Bonchev–Trinajstić information content (AvgIpc) is 2.14. The molecule has 2 atom stereocenters. The van der Waals surface area contributed by atoms with Crippen molar-refractivity contribution in [2.24, 2.45) is 0 Å². The standard InChI is InChI=1S/C6H10NO/c1-5-2-3-6(4-8)7-5/h5-7H,2-3H2,1H3/t5?,6-/m0/s1. The van der Waals surface area contributed by atoms with Gasteiger partial charge in [0, 0.05) is 6.04 Å². The van der Waals surface area contributed by atoms with Crippen LogP contribution in [0.25, 0.3) is 0 Å². The predicted molar refractivity (Wildman–Crippen MR) is 31.3 cm³/mol.